The number of H-pyrrole nitrogens is 1. The summed E-state index contributed by atoms with van der Waals surface area (Å²) in [6, 6.07) is 11.7. The number of aryl methyl sites for hydroxylation is 1. The number of nitrogens with zero attached hydrogens (tertiary/aromatic N) is 2. The average molecular weight is 421 g/mol. The Morgan fingerprint density at radius 3 is 2.52 bits per heavy atom. The summed E-state index contributed by atoms with van der Waals surface area (Å²) in [5.74, 6) is 0.000706. The lowest BCUT2D eigenvalue weighted by molar-refractivity contribution is -0.135. The maximum atomic E-state index is 12.7. The smallest absolute Gasteiger partial charge is 0.266 e. The number of amides is 2. The van der Waals surface area contributed by atoms with Crippen LogP contribution >= 0.6 is 0 Å². The number of hydrogen-bond donors (Lipinski definition) is 2. The molecule has 0 spiro atoms. The molecule has 2 amide bonds. The van der Waals surface area contributed by atoms with E-state index >= 15 is 0 Å². The van der Waals surface area contributed by atoms with Crippen molar-refractivity contribution in [3.05, 3.63) is 68.6 Å². The highest BCUT2D eigenvalue weighted by Crippen LogP contribution is 2.20. The summed E-state index contributed by atoms with van der Waals surface area (Å²) < 4.78 is 0. The fourth-order valence-electron chi connectivity index (χ4n) is 4.13. The number of hydrogen-bond acceptors (Lipinski definition) is 4. The molecule has 0 atom stereocenters. The number of carbonyl (C=O) groups is 2. The number of rotatable bonds is 6. The Labute approximate surface area is 182 Å². The van der Waals surface area contributed by atoms with Crippen LogP contribution in [0, 0.1) is 31.1 Å². The van der Waals surface area contributed by atoms with Crippen LogP contribution in [0.4, 0.5) is 0 Å². The third-order valence-electron chi connectivity index (χ3n) is 6.04. The first-order valence-electron chi connectivity index (χ1n) is 10.6. The third kappa shape index (κ3) is 5.40. The fraction of sp³-hybridized carbons (Fsp3) is 0.417. The number of piperidine rings is 1. The van der Waals surface area contributed by atoms with Gasteiger partial charge in [0.05, 0.1) is 0 Å². The number of benzene rings is 1. The first-order chi connectivity index (χ1) is 14.9. The predicted molar refractivity (Wildman–Crippen MR) is 117 cm³/mol. The molecule has 1 saturated heterocycles. The molecule has 162 valence electrons. The Morgan fingerprint density at radius 1 is 1.19 bits per heavy atom. The maximum Gasteiger partial charge on any atom is 0.266 e. The molecule has 1 aliphatic rings. The van der Waals surface area contributed by atoms with Gasteiger partial charge in [-0.1, -0.05) is 30.3 Å². The molecule has 2 heterocycles. The second kappa shape index (κ2) is 10.1. The third-order valence-corrected chi connectivity index (χ3v) is 6.04. The molecule has 0 radical (unpaired) electrons. The van der Waals surface area contributed by atoms with Crippen LogP contribution < -0.4 is 10.9 Å². The molecular formula is C24H28N4O3. The lowest BCUT2D eigenvalue weighted by atomic mass is 9.95. The highest BCUT2D eigenvalue weighted by molar-refractivity contribution is 5.80. The van der Waals surface area contributed by atoms with Crippen LogP contribution in [0.3, 0.4) is 0 Å². The molecule has 0 saturated carbocycles. The monoisotopic (exact) mass is 420 g/mol. The van der Waals surface area contributed by atoms with E-state index in [0.717, 1.165) is 11.1 Å². The standard InChI is InChI=1S/C24H28N4O3/c1-16-20(17(2)27-24(31)21(16)14-25)8-9-22(29)28-12-10-19(11-13-28)23(30)26-15-18-6-4-3-5-7-18/h3-7,19H,8-13,15H2,1-2H3,(H,26,30)(H,27,31). The summed E-state index contributed by atoms with van der Waals surface area (Å²) in [4.78, 5) is 41.5. The quantitative estimate of drug-likeness (QED) is 0.748. The summed E-state index contributed by atoms with van der Waals surface area (Å²) in [6.45, 7) is 5.18. The largest absolute Gasteiger partial charge is 0.352 e. The van der Waals surface area contributed by atoms with Gasteiger partial charge in [-0.15, -0.1) is 0 Å². The van der Waals surface area contributed by atoms with Crippen molar-refractivity contribution < 1.29 is 9.59 Å². The van der Waals surface area contributed by atoms with Gasteiger partial charge in [0.25, 0.3) is 5.56 Å². The van der Waals surface area contributed by atoms with Gasteiger partial charge in [-0.2, -0.15) is 5.26 Å². The molecule has 7 nitrogen and oxygen atoms in total. The summed E-state index contributed by atoms with van der Waals surface area (Å²) in [5.41, 5.74) is 2.97. The Balaban J connectivity index is 1.49. The molecule has 7 heteroatoms. The normalized spacial score (nSPS) is 14.2. The van der Waals surface area contributed by atoms with Crippen LogP contribution in [0.15, 0.2) is 35.1 Å². The van der Waals surface area contributed by atoms with E-state index in [1.807, 2.05) is 41.3 Å². The van der Waals surface area contributed by atoms with Crippen LogP contribution in [-0.4, -0.2) is 34.8 Å². The Hall–Kier alpha value is -3.40. The van der Waals surface area contributed by atoms with E-state index in [1.54, 1.807) is 13.8 Å². The molecule has 1 aromatic heterocycles. The maximum absolute atomic E-state index is 12.7. The van der Waals surface area contributed by atoms with Crippen molar-refractivity contribution in [1.29, 1.82) is 5.26 Å². The summed E-state index contributed by atoms with van der Waals surface area (Å²) in [5, 5.41) is 12.2. The lowest BCUT2D eigenvalue weighted by Crippen LogP contribution is -2.43. The minimum absolute atomic E-state index is 0.0339. The molecule has 1 aliphatic heterocycles. The van der Waals surface area contributed by atoms with Crippen molar-refractivity contribution in [2.24, 2.45) is 5.92 Å². The van der Waals surface area contributed by atoms with Crippen LogP contribution in [0.25, 0.3) is 0 Å². The molecular weight excluding hydrogens is 392 g/mol. The molecule has 3 rings (SSSR count). The van der Waals surface area contributed by atoms with E-state index in [-0.39, 0.29) is 28.9 Å². The van der Waals surface area contributed by atoms with Crippen LogP contribution in [0.1, 0.15) is 47.2 Å². The molecule has 0 aliphatic carbocycles. The summed E-state index contributed by atoms with van der Waals surface area (Å²) in [6.07, 6.45) is 2.09. The van der Waals surface area contributed by atoms with Gasteiger partial charge in [0.2, 0.25) is 11.8 Å². The van der Waals surface area contributed by atoms with Crippen molar-refractivity contribution >= 4 is 11.8 Å². The van der Waals surface area contributed by atoms with Gasteiger partial charge >= 0.3 is 0 Å². The highest BCUT2D eigenvalue weighted by atomic mass is 16.2. The zero-order valence-electron chi connectivity index (χ0n) is 18.0. The van der Waals surface area contributed by atoms with E-state index in [0.29, 0.717) is 56.6 Å². The second-order valence-electron chi connectivity index (χ2n) is 8.03. The number of pyridine rings is 1. The molecule has 0 bridgehead atoms. The molecule has 31 heavy (non-hydrogen) atoms. The van der Waals surface area contributed by atoms with Crippen molar-refractivity contribution in [3.8, 4) is 6.07 Å². The molecule has 2 N–H and O–H groups in total. The lowest BCUT2D eigenvalue weighted by Gasteiger charge is -2.31. The van der Waals surface area contributed by atoms with Gasteiger partial charge in [-0.25, -0.2) is 0 Å². The Kier molecular flexibility index (Phi) is 7.24. The molecule has 1 fully saturated rings. The Morgan fingerprint density at radius 2 is 1.87 bits per heavy atom. The highest BCUT2D eigenvalue weighted by Gasteiger charge is 2.27. The second-order valence-corrected chi connectivity index (χ2v) is 8.03. The SMILES string of the molecule is Cc1[nH]c(=O)c(C#N)c(C)c1CCC(=O)N1CCC(C(=O)NCc2ccccc2)CC1. The van der Waals surface area contributed by atoms with Gasteiger partial charge in [0.1, 0.15) is 11.6 Å². The van der Waals surface area contributed by atoms with Crippen LogP contribution in [0.2, 0.25) is 0 Å². The minimum atomic E-state index is -0.389. The van der Waals surface area contributed by atoms with E-state index in [4.69, 9.17) is 0 Å². The van der Waals surface area contributed by atoms with E-state index in [2.05, 4.69) is 10.3 Å². The number of carbonyl (C=O) groups excluding carboxylic acids is 2. The van der Waals surface area contributed by atoms with Crippen LogP contribution in [0.5, 0.6) is 0 Å². The van der Waals surface area contributed by atoms with E-state index < -0.39 is 0 Å². The molecule has 1 aromatic carbocycles. The van der Waals surface area contributed by atoms with E-state index in [1.165, 1.54) is 0 Å². The zero-order chi connectivity index (χ0) is 22.4. The first-order valence-corrected chi connectivity index (χ1v) is 10.6. The minimum Gasteiger partial charge on any atom is -0.352 e. The van der Waals surface area contributed by atoms with Gasteiger partial charge in [-0.05, 0) is 49.8 Å². The molecule has 2 aromatic rings. The molecule has 0 unspecified atom stereocenters. The fourth-order valence-corrected chi connectivity index (χ4v) is 4.13. The van der Waals surface area contributed by atoms with Crippen molar-refractivity contribution in [2.45, 2.75) is 46.1 Å². The topological polar surface area (TPSA) is 106 Å². The van der Waals surface area contributed by atoms with E-state index in [9.17, 15) is 19.6 Å². The van der Waals surface area contributed by atoms with Crippen LogP contribution in [-0.2, 0) is 22.6 Å². The van der Waals surface area contributed by atoms with Crippen molar-refractivity contribution in [1.82, 2.24) is 15.2 Å². The number of likely N-dealkylation sites (tertiary alicyclic amines) is 1. The number of nitriles is 1. The first kappa shape index (κ1) is 22.3. The van der Waals surface area contributed by atoms with Crippen molar-refractivity contribution in [2.75, 3.05) is 13.1 Å². The number of aromatic amines is 1. The average Bonchev–Trinajstić information content (AvgIpc) is 2.78. The van der Waals surface area contributed by atoms with Crippen molar-refractivity contribution in [3.63, 3.8) is 0 Å². The number of aromatic nitrogens is 1. The Bertz CT molecular complexity index is 1040. The zero-order valence-corrected chi connectivity index (χ0v) is 18.0. The number of nitrogens with one attached hydrogen (secondary N) is 2. The van der Waals surface area contributed by atoms with Gasteiger partial charge < -0.3 is 15.2 Å². The summed E-state index contributed by atoms with van der Waals surface area (Å²) >= 11 is 0. The predicted octanol–water partition coefficient (Wildman–Crippen LogP) is 2.35. The van der Waals surface area contributed by atoms with Gasteiger partial charge in [0, 0.05) is 37.7 Å². The van der Waals surface area contributed by atoms with Gasteiger partial charge in [0.15, 0.2) is 0 Å². The summed E-state index contributed by atoms with van der Waals surface area (Å²) in [7, 11) is 0. The van der Waals surface area contributed by atoms with Gasteiger partial charge in [-0.3, -0.25) is 14.4 Å².